The first-order valence-corrected chi connectivity index (χ1v) is 7.70. The minimum absolute atomic E-state index is 0.188. The molecular formula is C15H19Cl2N3O. The van der Waals surface area contributed by atoms with Crippen molar-refractivity contribution >= 4 is 34.8 Å². The standard InChI is InChI=1S/C15H19Cl2N3O/c1-9-4-11(8-15(2,3)7-9)19-20-14(21)10-5-12(16)18-13(17)6-10/h5-6,9H,4,7-8H2,1-3H3,(H,20,21)/b19-11-. The largest absolute Gasteiger partial charge is 0.271 e. The molecule has 1 amide bonds. The Morgan fingerprint density at radius 3 is 2.57 bits per heavy atom. The zero-order valence-corrected chi connectivity index (χ0v) is 13.9. The molecule has 1 aromatic heterocycles. The van der Waals surface area contributed by atoms with Crippen LogP contribution in [0.15, 0.2) is 17.2 Å². The number of carbonyl (C=O) groups excluding carboxylic acids is 1. The zero-order valence-electron chi connectivity index (χ0n) is 12.4. The predicted molar refractivity (Wildman–Crippen MR) is 86.0 cm³/mol. The van der Waals surface area contributed by atoms with E-state index in [-0.39, 0.29) is 21.6 Å². The van der Waals surface area contributed by atoms with Crippen molar-refractivity contribution < 1.29 is 4.79 Å². The Morgan fingerprint density at radius 2 is 2.00 bits per heavy atom. The molecule has 114 valence electrons. The van der Waals surface area contributed by atoms with Crippen molar-refractivity contribution in [3.8, 4) is 0 Å². The summed E-state index contributed by atoms with van der Waals surface area (Å²) in [4.78, 5) is 15.9. The molecule has 21 heavy (non-hydrogen) atoms. The Hall–Kier alpha value is -1.13. The van der Waals surface area contributed by atoms with Crippen LogP contribution in [-0.4, -0.2) is 16.6 Å². The van der Waals surface area contributed by atoms with Crippen molar-refractivity contribution in [2.24, 2.45) is 16.4 Å². The van der Waals surface area contributed by atoms with E-state index in [4.69, 9.17) is 23.2 Å². The fourth-order valence-electron chi connectivity index (χ4n) is 2.99. The second-order valence-corrected chi connectivity index (χ2v) is 7.25. The quantitative estimate of drug-likeness (QED) is 0.649. The summed E-state index contributed by atoms with van der Waals surface area (Å²) in [5.41, 5.74) is 4.19. The molecule has 1 atom stereocenters. The Labute approximate surface area is 134 Å². The smallest absolute Gasteiger partial charge is 0.267 e. The molecule has 0 aromatic carbocycles. The molecule has 4 nitrogen and oxygen atoms in total. The number of amides is 1. The molecule has 1 N–H and O–H groups in total. The molecule has 1 heterocycles. The average molecular weight is 328 g/mol. The van der Waals surface area contributed by atoms with E-state index >= 15 is 0 Å². The van der Waals surface area contributed by atoms with Gasteiger partial charge in [0.05, 0.1) is 0 Å². The van der Waals surface area contributed by atoms with Gasteiger partial charge >= 0.3 is 0 Å². The van der Waals surface area contributed by atoms with Crippen molar-refractivity contribution in [1.82, 2.24) is 10.4 Å². The highest BCUT2D eigenvalue weighted by Gasteiger charge is 2.29. The number of aromatic nitrogens is 1. The van der Waals surface area contributed by atoms with E-state index in [1.165, 1.54) is 18.6 Å². The predicted octanol–water partition coefficient (Wildman–Crippen LogP) is 4.32. The van der Waals surface area contributed by atoms with E-state index in [2.05, 4.69) is 36.3 Å². The van der Waals surface area contributed by atoms with E-state index in [0.717, 1.165) is 18.6 Å². The van der Waals surface area contributed by atoms with Crippen LogP contribution in [0.1, 0.15) is 50.4 Å². The Bertz CT molecular complexity index is 564. The lowest BCUT2D eigenvalue weighted by Gasteiger charge is -2.34. The molecule has 0 aliphatic heterocycles. The van der Waals surface area contributed by atoms with Gasteiger partial charge in [0.1, 0.15) is 10.3 Å². The minimum Gasteiger partial charge on any atom is -0.267 e. The molecule has 1 saturated carbocycles. The lowest BCUT2D eigenvalue weighted by Crippen LogP contribution is -2.30. The topological polar surface area (TPSA) is 54.4 Å². The molecule has 1 aromatic rings. The van der Waals surface area contributed by atoms with Crippen LogP contribution >= 0.6 is 23.2 Å². The summed E-state index contributed by atoms with van der Waals surface area (Å²) >= 11 is 11.6. The van der Waals surface area contributed by atoms with Gasteiger partial charge < -0.3 is 0 Å². The number of halogens is 2. The van der Waals surface area contributed by atoms with Gasteiger partial charge in [0.2, 0.25) is 0 Å². The van der Waals surface area contributed by atoms with Crippen LogP contribution in [0.25, 0.3) is 0 Å². The van der Waals surface area contributed by atoms with Gasteiger partial charge in [0.15, 0.2) is 0 Å². The third kappa shape index (κ3) is 4.68. The van der Waals surface area contributed by atoms with E-state index in [9.17, 15) is 4.79 Å². The lowest BCUT2D eigenvalue weighted by molar-refractivity contribution is 0.0953. The van der Waals surface area contributed by atoms with Crippen molar-refractivity contribution in [3.05, 3.63) is 28.0 Å². The summed E-state index contributed by atoms with van der Waals surface area (Å²) in [7, 11) is 0. The molecule has 1 aliphatic rings. The summed E-state index contributed by atoms with van der Waals surface area (Å²) in [6.07, 6.45) is 2.99. The van der Waals surface area contributed by atoms with Crippen molar-refractivity contribution in [2.75, 3.05) is 0 Å². The third-order valence-corrected chi connectivity index (χ3v) is 3.90. The molecule has 1 fully saturated rings. The Kier molecular flexibility index (Phi) is 4.89. The fourth-order valence-corrected chi connectivity index (χ4v) is 3.45. The van der Waals surface area contributed by atoms with Gasteiger partial charge in [0, 0.05) is 11.3 Å². The number of pyridine rings is 1. The molecule has 0 saturated heterocycles. The highest BCUT2D eigenvalue weighted by atomic mass is 35.5. The molecule has 1 aliphatic carbocycles. The highest BCUT2D eigenvalue weighted by Crippen LogP contribution is 2.36. The van der Waals surface area contributed by atoms with Gasteiger partial charge in [-0.15, -0.1) is 0 Å². The number of hydrazone groups is 1. The highest BCUT2D eigenvalue weighted by molar-refractivity contribution is 6.33. The van der Waals surface area contributed by atoms with Gasteiger partial charge in [-0.25, -0.2) is 10.4 Å². The average Bonchev–Trinajstić information content (AvgIpc) is 2.32. The van der Waals surface area contributed by atoms with E-state index in [1.807, 2.05) is 0 Å². The van der Waals surface area contributed by atoms with Crippen LogP contribution in [0.3, 0.4) is 0 Å². The van der Waals surface area contributed by atoms with Gasteiger partial charge in [-0.2, -0.15) is 5.10 Å². The Morgan fingerprint density at radius 1 is 1.38 bits per heavy atom. The summed E-state index contributed by atoms with van der Waals surface area (Å²) in [6.45, 7) is 6.66. The van der Waals surface area contributed by atoms with Gasteiger partial charge in [-0.3, -0.25) is 4.79 Å². The fraction of sp³-hybridized carbons (Fsp3) is 0.533. The molecule has 0 radical (unpaired) electrons. The van der Waals surface area contributed by atoms with Gasteiger partial charge in [-0.1, -0.05) is 44.0 Å². The first-order chi connectivity index (χ1) is 9.75. The van der Waals surface area contributed by atoms with E-state index in [1.54, 1.807) is 0 Å². The minimum atomic E-state index is -0.329. The zero-order chi connectivity index (χ0) is 15.6. The van der Waals surface area contributed by atoms with Crippen LogP contribution in [0.5, 0.6) is 0 Å². The first kappa shape index (κ1) is 16.2. The number of hydrogen-bond acceptors (Lipinski definition) is 3. The van der Waals surface area contributed by atoms with Crippen molar-refractivity contribution in [1.29, 1.82) is 0 Å². The van der Waals surface area contributed by atoms with Gasteiger partial charge in [-0.05, 0) is 42.7 Å². The molecule has 0 spiro atoms. The third-order valence-electron chi connectivity index (χ3n) is 3.51. The first-order valence-electron chi connectivity index (χ1n) is 6.94. The maximum atomic E-state index is 12.1. The van der Waals surface area contributed by atoms with Gasteiger partial charge in [0.25, 0.3) is 5.91 Å². The van der Waals surface area contributed by atoms with Crippen LogP contribution in [-0.2, 0) is 0 Å². The summed E-state index contributed by atoms with van der Waals surface area (Å²) < 4.78 is 0. The summed E-state index contributed by atoms with van der Waals surface area (Å²) in [5.74, 6) is 0.249. The molecular weight excluding hydrogens is 309 g/mol. The summed E-state index contributed by atoms with van der Waals surface area (Å²) in [5, 5.41) is 4.65. The summed E-state index contributed by atoms with van der Waals surface area (Å²) in [6, 6.07) is 2.94. The molecule has 1 unspecified atom stereocenters. The number of nitrogens with one attached hydrogen (secondary N) is 1. The lowest BCUT2D eigenvalue weighted by atomic mass is 9.72. The monoisotopic (exact) mass is 327 g/mol. The van der Waals surface area contributed by atoms with Crippen molar-refractivity contribution in [3.63, 3.8) is 0 Å². The maximum absolute atomic E-state index is 12.1. The maximum Gasteiger partial charge on any atom is 0.271 e. The second-order valence-electron chi connectivity index (χ2n) is 6.47. The SMILES string of the molecule is CC1C/C(=N/NC(=O)c2cc(Cl)nc(Cl)c2)CC(C)(C)C1. The second kappa shape index (κ2) is 6.32. The molecule has 0 bridgehead atoms. The molecule has 6 heteroatoms. The normalized spacial score (nSPS) is 23.1. The van der Waals surface area contributed by atoms with Crippen LogP contribution < -0.4 is 5.43 Å². The number of rotatable bonds is 2. The molecule has 2 rings (SSSR count). The van der Waals surface area contributed by atoms with Crippen molar-refractivity contribution in [2.45, 2.75) is 40.0 Å². The van der Waals surface area contributed by atoms with E-state index < -0.39 is 0 Å². The van der Waals surface area contributed by atoms with Crippen LogP contribution in [0.4, 0.5) is 0 Å². The number of hydrogen-bond donors (Lipinski definition) is 1. The van der Waals surface area contributed by atoms with Crippen LogP contribution in [0, 0.1) is 11.3 Å². The Balaban J connectivity index is 2.07. The van der Waals surface area contributed by atoms with Crippen LogP contribution in [0.2, 0.25) is 10.3 Å². The number of nitrogens with zero attached hydrogens (tertiary/aromatic N) is 2. The van der Waals surface area contributed by atoms with E-state index in [0.29, 0.717) is 11.5 Å². The number of carbonyl (C=O) groups is 1.